The van der Waals surface area contributed by atoms with Crippen LogP contribution >= 0.6 is 11.6 Å². The lowest BCUT2D eigenvalue weighted by atomic mass is 9.96. The summed E-state index contributed by atoms with van der Waals surface area (Å²) < 4.78 is 10.2. The number of ether oxygens (including phenoxy) is 1. The van der Waals surface area contributed by atoms with Crippen LogP contribution in [0.5, 0.6) is 0 Å². The Bertz CT molecular complexity index is 867. The van der Waals surface area contributed by atoms with Crippen LogP contribution in [-0.2, 0) is 9.53 Å². The summed E-state index contributed by atoms with van der Waals surface area (Å²) in [4.78, 5) is 38.1. The Balaban J connectivity index is 1.78. The fourth-order valence-electron chi connectivity index (χ4n) is 2.99. The molecule has 0 bridgehead atoms. The van der Waals surface area contributed by atoms with Gasteiger partial charge in [0.1, 0.15) is 11.1 Å². The molecular formula is C18H18ClNO5. The highest BCUT2D eigenvalue weighted by atomic mass is 35.5. The van der Waals surface area contributed by atoms with Crippen LogP contribution in [0.1, 0.15) is 30.1 Å². The quantitative estimate of drug-likeness (QED) is 0.619. The smallest absolute Gasteiger partial charge is 0.349 e. The van der Waals surface area contributed by atoms with Crippen molar-refractivity contribution < 1.29 is 18.7 Å². The molecule has 1 amide bonds. The lowest BCUT2D eigenvalue weighted by Crippen LogP contribution is -2.42. The van der Waals surface area contributed by atoms with Gasteiger partial charge in [0, 0.05) is 23.5 Å². The van der Waals surface area contributed by atoms with Gasteiger partial charge in [0.2, 0.25) is 0 Å². The van der Waals surface area contributed by atoms with Crippen molar-refractivity contribution in [2.75, 3.05) is 19.7 Å². The molecule has 2 heterocycles. The molecule has 3 rings (SSSR count). The van der Waals surface area contributed by atoms with Crippen LogP contribution in [0.15, 0.2) is 33.5 Å². The van der Waals surface area contributed by atoms with Gasteiger partial charge in [0.05, 0.1) is 12.5 Å². The third kappa shape index (κ3) is 3.69. The highest BCUT2D eigenvalue weighted by Gasteiger charge is 2.30. The SMILES string of the molecule is CCOC(=O)C1CCN(C(=O)c2cc3cc(Cl)ccc3oc2=O)CC1. The van der Waals surface area contributed by atoms with Gasteiger partial charge in [-0.2, -0.15) is 0 Å². The third-order valence-corrected chi connectivity index (χ3v) is 4.56. The maximum absolute atomic E-state index is 12.7. The van der Waals surface area contributed by atoms with Crippen molar-refractivity contribution in [2.24, 2.45) is 5.92 Å². The Kier molecular flexibility index (Phi) is 5.08. The molecular weight excluding hydrogens is 346 g/mol. The van der Waals surface area contributed by atoms with Crippen LogP contribution in [-0.4, -0.2) is 36.5 Å². The molecule has 6 nitrogen and oxygen atoms in total. The third-order valence-electron chi connectivity index (χ3n) is 4.33. The topological polar surface area (TPSA) is 76.8 Å². The summed E-state index contributed by atoms with van der Waals surface area (Å²) in [6.07, 6.45) is 1.05. The number of benzene rings is 1. The number of carbonyl (C=O) groups is 2. The minimum atomic E-state index is -0.674. The van der Waals surface area contributed by atoms with Gasteiger partial charge in [-0.3, -0.25) is 9.59 Å². The highest BCUT2D eigenvalue weighted by Crippen LogP contribution is 2.22. The first-order valence-electron chi connectivity index (χ1n) is 8.19. The second-order valence-corrected chi connectivity index (χ2v) is 6.38. The molecule has 1 aromatic carbocycles. The summed E-state index contributed by atoms with van der Waals surface area (Å²) in [6, 6.07) is 6.36. The van der Waals surface area contributed by atoms with E-state index in [-0.39, 0.29) is 17.5 Å². The van der Waals surface area contributed by atoms with Crippen LogP contribution < -0.4 is 5.63 Å². The minimum Gasteiger partial charge on any atom is -0.466 e. The first-order chi connectivity index (χ1) is 12.0. The Hall–Kier alpha value is -2.34. The largest absolute Gasteiger partial charge is 0.466 e. The van der Waals surface area contributed by atoms with Gasteiger partial charge in [0.25, 0.3) is 5.91 Å². The van der Waals surface area contributed by atoms with Gasteiger partial charge in [-0.1, -0.05) is 11.6 Å². The van der Waals surface area contributed by atoms with Crippen molar-refractivity contribution in [1.82, 2.24) is 4.90 Å². The minimum absolute atomic E-state index is 0.0237. The van der Waals surface area contributed by atoms with E-state index in [0.29, 0.717) is 48.5 Å². The number of nitrogens with zero attached hydrogens (tertiary/aromatic N) is 1. The number of fused-ring (bicyclic) bond motifs is 1. The second kappa shape index (κ2) is 7.27. The Morgan fingerprint density at radius 2 is 2.00 bits per heavy atom. The number of amides is 1. The first-order valence-corrected chi connectivity index (χ1v) is 8.56. The zero-order valence-electron chi connectivity index (χ0n) is 13.8. The van der Waals surface area contributed by atoms with E-state index in [2.05, 4.69) is 0 Å². The predicted octanol–water partition coefficient (Wildman–Crippen LogP) is 2.86. The van der Waals surface area contributed by atoms with E-state index in [1.807, 2.05) is 0 Å². The van der Waals surface area contributed by atoms with E-state index in [0.717, 1.165) is 0 Å². The number of rotatable bonds is 3. The number of hydrogen-bond acceptors (Lipinski definition) is 5. The number of hydrogen-bond donors (Lipinski definition) is 0. The van der Waals surface area contributed by atoms with Crippen molar-refractivity contribution in [3.05, 3.63) is 45.3 Å². The molecule has 7 heteroatoms. The zero-order valence-corrected chi connectivity index (χ0v) is 14.5. The van der Waals surface area contributed by atoms with Gasteiger partial charge >= 0.3 is 11.6 Å². The maximum atomic E-state index is 12.7. The van der Waals surface area contributed by atoms with E-state index < -0.39 is 11.5 Å². The molecule has 0 N–H and O–H groups in total. The summed E-state index contributed by atoms with van der Waals surface area (Å²) in [5.41, 5.74) is -0.316. The molecule has 132 valence electrons. The van der Waals surface area contributed by atoms with E-state index in [1.165, 1.54) is 6.07 Å². The fourth-order valence-corrected chi connectivity index (χ4v) is 3.17. The van der Waals surface area contributed by atoms with Gasteiger partial charge in [-0.25, -0.2) is 4.79 Å². The summed E-state index contributed by atoms with van der Waals surface area (Å²) in [7, 11) is 0. The van der Waals surface area contributed by atoms with Crippen LogP contribution in [0.2, 0.25) is 5.02 Å². The van der Waals surface area contributed by atoms with Crippen molar-refractivity contribution in [3.63, 3.8) is 0 Å². The normalized spacial score (nSPS) is 15.4. The number of carbonyl (C=O) groups excluding carboxylic acids is 2. The lowest BCUT2D eigenvalue weighted by molar-refractivity contribution is -0.149. The van der Waals surface area contributed by atoms with E-state index in [4.69, 9.17) is 20.8 Å². The molecule has 1 saturated heterocycles. The van der Waals surface area contributed by atoms with Gasteiger partial charge in [0.15, 0.2) is 0 Å². The summed E-state index contributed by atoms with van der Waals surface area (Å²) in [6.45, 7) is 2.91. The monoisotopic (exact) mass is 363 g/mol. The molecule has 0 spiro atoms. The van der Waals surface area contributed by atoms with Crippen LogP contribution in [0.4, 0.5) is 0 Å². The van der Waals surface area contributed by atoms with Crippen molar-refractivity contribution >= 4 is 34.4 Å². The predicted molar refractivity (Wildman–Crippen MR) is 92.8 cm³/mol. The number of piperidine rings is 1. The summed E-state index contributed by atoms with van der Waals surface area (Å²) >= 11 is 5.95. The molecule has 0 radical (unpaired) electrons. The van der Waals surface area contributed by atoms with Crippen molar-refractivity contribution in [1.29, 1.82) is 0 Å². The number of halogens is 1. The standard InChI is InChI=1S/C18H18ClNO5/c1-2-24-17(22)11-5-7-20(8-6-11)16(21)14-10-12-9-13(19)3-4-15(12)25-18(14)23/h3-4,9-11H,2,5-8H2,1H3. The lowest BCUT2D eigenvalue weighted by Gasteiger charge is -2.30. The number of esters is 1. The highest BCUT2D eigenvalue weighted by molar-refractivity contribution is 6.31. The van der Waals surface area contributed by atoms with Crippen LogP contribution in [0.25, 0.3) is 11.0 Å². The van der Waals surface area contributed by atoms with E-state index >= 15 is 0 Å². The maximum Gasteiger partial charge on any atom is 0.349 e. The molecule has 0 atom stereocenters. The summed E-state index contributed by atoms with van der Waals surface area (Å²) in [5, 5.41) is 1.09. The Morgan fingerprint density at radius 1 is 1.28 bits per heavy atom. The molecule has 1 fully saturated rings. The van der Waals surface area contributed by atoms with Gasteiger partial charge < -0.3 is 14.1 Å². The van der Waals surface area contributed by atoms with Gasteiger partial charge in [-0.15, -0.1) is 0 Å². The molecule has 1 aliphatic heterocycles. The van der Waals surface area contributed by atoms with E-state index in [9.17, 15) is 14.4 Å². The molecule has 1 aromatic heterocycles. The second-order valence-electron chi connectivity index (χ2n) is 5.95. The number of likely N-dealkylation sites (tertiary alicyclic amines) is 1. The molecule has 25 heavy (non-hydrogen) atoms. The summed E-state index contributed by atoms with van der Waals surface area (Å²) in [5.74, 6) is -0.816. The average molecular weight is 364 g/mol. The van der Waals surface area contributed by atoms with Crippen LogP contribution in [0.3, 0.4) is 0 Å². The molecule has 1 aliphatic rings. The van der Waals surface area contributed by atoms with Crippen LogP contribution in [0, 0.1) is 5.92 Å². The van der Waals surface area contributed by atoms with Crippen molar-refractivity contribution in [3.8, 4) is 0 Å². The first kappa shape index (κ1) is 17.5. The van der Waals surface area contributed by atoms with Gasteiger partial charge in [-0.05, 0) is 44.0 Å². The molecule has 0 aliphatic carbocycles. The fraction of sp³-hybridized carbons (Fsp3) is 0.389. The molecule has 0 saturated carbocycles. The molecule has 0 unspecified atom stereocenters. The van der Waals surface area contributed by atoms with E-state index in [1.54, 1.807) is 30.0 Å². The Labute approximate surface area is 149 Å². The zero-order chi connectivity index (χ0) is 18.0. The Morgan fingerprint density at radius 3 is 2.68 bits per heavy atom. The average Bonchev–Trinajstić information content (AvgIpc) is 2.61. The molecule has 2 aromatic rings. The van der Waals surface area contributed by atoms with Crippen molar-refractivity contribution in [2.45, 2.75) is 19.8 Å².